The van der Waals surface area contributed by atoms with Gasteiger partial charge in [0, 0.05) is 17.9 Å². The number of carbonyl (C=O) groups is 1. The molecule has 0 bridgehead atoms. The maximum absolute atomic E-state index is 12.3. The van der Waals surface area contributed by atoms with E-state index in [9.17, 15) is 9.59 Å². The Labute approximate surface area is 103 Å². The van der Waals surface area contributed by atoms with Crippen LogP contribution in [0.25, 0.3) is 10.9 Å². The number of esters is 1. The number of aromatic amines is 1. The molecule has 0 atom stereocenters. The van der Waals surface area contributed by atoms with Gasteiger partial charge in [-0.15, -0.1) is 0 Å². The fourth-order valence-electron chi connectivity index (χ4n) is 2.24. The number of pyridine rings is 1. The zero-order valence-electron chi connectivity index (χ0n) is 10.3. The van der Waals surface area contributed by atoms with Crippen molar-refractivity contribution in [3.05, 3.63) is 34.4 Å². The molecule has 5 heteroatoms. The van der Waals surface area contributed by atoms with Crippen LogP contribution in [0, 0.1) is 0 Å². The Kier molecular flexibility index (Phi) is 2.14. The SMILES string of the molecule is COC(=O)c1cn(C2(C)CC2)c(=O)c2cc[nH]c12. The van der Waals surface area contributed by atoms with Crippen molar-refractivity contribution < 1.29 is 9.53 Å². The van der Waals surface area contributed by atoms with E-state index in [1.165, 1.54) is 7.11 Å². The van der Waals surface area contributed by atoms with E-state index in [1.54, 1.807) is 23.0 Å². The molecule has 2 aromatic heterocycles. The number of rotatable bonds is 2. The van der Waals surface area contributed by atoms with Crippen LogP contribution in [-0.4, -0.2) is 22.6 Å². The van der Waals surface area contributed by atoms with Crippen LogP contribution >= 0.6 is 0 Å². The number of aromatic nitrogens is 2. The predicted molar refractivity (Wildman–Crippen MR) is 66.8 cm³/mol. The Morgan fingerprint density at radius 2 is 2.22 bits per heavy atom. The number of H-pyrrole nitrogens is 1. The van der Waals surface area contributed by atoms with E-state index in [1.807, 2.05) is 6.92 Å². The standard InChI is InChI=1S/C13H14N2O3/c1-13(4-5-13)15-7-9(12(17)18-2)10-8(11(15)16)3-6-14-10/h3,6-7,14H,4-5H2,1-2H3. The number of ether oxygens (including phenoxy) is 1. The molecule has 1 aliphatic rings. The molecule has 2 aromatic rings. The average Bonchev–Trinajstić information content (AvgIpc) is 2.93. The first kappa shape index (κ1) is 11.1. The van der Waals surface area contributed by atoms with Gasteiger partial charge in [-0.2, -0.15) is 0 Å². The molecule has 1 aliphatic carbocycles. The molecule has 94 valence electrons. The van der Waals surface area contributed by atoms with Gasteiger partial charge in [-0.3, -0.25) is 4.79 Å². The molecule has 0 radical (unpaired) electrons. The molecule has 18 heavy (non-hydrogen) atoms. The summed E-state index contributed by atoms with van der Waals surface area (Å²) < 4.78 is 6.43. The molecule has 0 saturated heterocycles. The van der Waals surface area contributed by atoms with E-state index in [4.69, 9.17) is 4.74 Å². The first-order valence-electron chi connectivity index (χ1n) is 5.88. The largest absolute Gasteiger partial charge is 0.465 e. The first-order chi connectivity index (χ1) is 8.57. The lowest BCUT2D eigenvalue weighted by atomic mass is 10.2. The fraction of sp³-hybridized carbons (Fsp3) is 0.385. The maximum Gasteiger partial charge on any atom is 0.341 e. The summed E-state index contributed by atoms with van der Waals surface area (Å²) in [5.74, 6) is -0.430. The van der Waals surface area contributed by atoms with E-state index < -0.39 is 5.97 Å². The van der Waals surface area contributed by atoms with E-state index in [-0.39, 0.29) is 11.1 Å². The van der Waals surface area contributed by atoms with Crippen molar-refractivity contribution in [2.24, 2.45) is 0 Å². The molecular formula is C13H14N2O3. The third kappa shape index (κ3) is 1.40. The molecule has 1 saturated carbocycles. The Morgan fingerprint density at radius 3 is 2.83 bits per heavy atom. The molecule has 0 aromatic carbocycles. The van der Waals surface area contributed by atoms with Gasteiger partial charge in [0.2, 0.25) is 0 Å². The monoisotopic (exact) mass is 246 g/mol. The second-order valence-corrected chi connectivity index (χ2v) is 4.97. The maximum atomic E-state index is 12.3. The molecule has 0 aliphatic heterocycles. The number of nitrogens with zero attached hydrogens (tertiary/aromatic N) is 1. The number of hydrogen-bond acceptors (Lipinski definition) is 3. The summed E-state index contributed by atoms with van der Waals surface area (Å²) in [5.41, 5.74) is 0.752. The van der Waals surface area contributed by atoms with Crippen LogP contribution < -0.4 is 5.56 Å². The lowest BCUT2D eigenvalue weighted by molar-refractivity contribution is 0.0601. The summed E-state index contributed by atoms with van der Waals surface area (Å²) in [6.07, 6.45) is 5.20. The van der Waals surface area contributed by atoms with Gasteiger partial charge >= 0.3 is 5.97 Å². The van der Waals surface area contributed by atoms with Gasteiger partial charge < -0.3 is 14.3 Å². The highest BCUT2D eigenvalue weighted by Crippen LogP contribution is 2.42. The highest BCUT2D eigenvalue weighted by molar-refractivity contribution is 6.02. The topological polar surface area (TPSA) is 64.1 Å². The van der Waals surface area contributed by atoms with Crippen molar-refractivity contribution in [3.63, 3.8) is 0 Å². The fourth-order valence-corrected chi connectivity index (χ4v) is 2.24. The Hall–Kier alpha value is -2.04. The lowest BCUT2D eigenvalue weighted by Gasteiger charge is -2.14. The summed E-state index contributed by atoms with van der Waals surface area (Å²) in [6, 6.07) is 1.70. The van der Waals surface area contributed by atoms with Crippen LogP contribution in [0.5, 0.6) is 0 Å². The summed E-state index contributed by atoms with van der Waals surface area (Å²) in [5, 5.41) is 0.533. The summed E-state index contributed by atoms with van der Waals surface area (Å²) in [7, 11) is 1.34. The van der Waals surface area contributed by atoms with Gasteiger partial charge in [0.05, 0.1) is 18.0 Å². The number of methoxy groups -OCH3 is 1. The number of carbonyl (C=O) groups excluding carboxylic acids is 1. The van der Waals surface area contributed by atoms with Crippen LogP contribution in [0.4, 0.5) is 0 Å². The Bertz CT molecular complexity index is 692. The smallest absolute Gasteiger partial charge is 0.341 e. The van der Waals surface area contributed by atoms with Gasteiger partial charge in [0.1, 0.15) is 5.56 Å². The molecule has 1 N–H and O–H groups in total. The first-order valence-corrected chi connectivity index (χ1v) is 5.88. The Balaban J connectivity index is 2.35. The molecule has 0 unspecified atom stereocenters. The third-order valence-electron chi connectivity index (χ3n) is 3.68. The lowest BCUT2D eigenvalue weighted by Crippen LogP contribution is -2.29. The molecule has 1 fully saturated rings. The molecule has 3 rings (SSSR count). The van der Waals surface area contributed by atoms with Gasteiger partial charge in [-0.1, -0.05) is 0 Å². The Morgan fingerprint density at radius 1 is 1.50 bits per heavy atom. The van der Waals surface area contributed by atoms with E-state index in [0.29, 0.717) is 16.5 Å². The van der Waals surface area contributed by atoms with E-state index in [2.05, 4.69) is 4.98 Å². The van der Waals surface area contributed by atoms with Crippen molar-refractivity contribution in [1.29, 1.82) is 0 Å². The van der Waals surface area contributed by atoms with Crippen molar-refractivity contribution in [1.82, 2.24) is 9.55 Å². The van der Waals surface area contributed by atoms with E-state index >= 15 is 0 Å². The second kappa shape index (κ2) is 3.48. The van der Waals surface area contributed by atoms with Crippen LogP contribution in [-0.2, 0) is 10.3 Å². The van der Waals surface area contributed by atoms with Crippen LogP contribution in [0.1, 0.15) is 30.1 Å². The number of fused-ring (bicyclic) bond motifs is 1. The average molecular weight is 246 g/mol. The van der Waals surface area contributed by atoms with Gasteiger partial charge in [-0.25, -0.2) is 4.79 Å². The second-order valence-electron chi connectivity index (χ2n) is 4.97. The minimum Gasteiger partial charge on any atom is -0.465 e. The predicted octanol–water partition coefficient (Wildman–Crippen LogP) is 1.63. The third-order valence-corrected chi connectivity index (χ3v) is 3.68. The summed E-state index contributed by atoms with van der Waals surface area (Å²) in [4.78, 5) is 27.0. The van der Waals surface area contributed by atoms with Crippen molar-refractivity contribution >= 4 is 16.9 Å². The molecule has 0 spiro atoms. The van der Waals surface area contributed by atoms with E-state index in [0.717, 1.165) is 12.8 Å². The highest BCUT2D eigenvalue weighted by Gasteiger charge is 2.40. The number of nitrogens with one attached hydrogen (secondary N) is 1. The zero-order valence-corrected chi connectivity index (χ0v) is 10.3. The highest BCUT2D eigenvalue weighted by atomic mass is 16.5. The van der Waals surface area contributed by atoms with Crippen molar-refractivity contribution in [3.8, 4) is 0 Å². The zero-order chi connectivity index (χ0) is 12.9. The number of hydrogen-bond donors (Lipinski definition) is 1. The van der Waals surface area contributed by atoms with Crippen LogP contribution in [0.2, 0.25) is 0 Å². The van der Waals surface area contributed by atoms with Crippen LogP contribution in [0.15, 0.2) is 23.3 Å². The molecular weight excluding hydrogens is 232 g/mol. The van der Waals surface area contributed by atoms with Gasteiger partial charge in [-0.05, 0) is 25.8 Å². The van der Waals surface area contributed by atoms with Gasteiger partial charge in [0.25, 0.3) is 5.56 Å². The molecule has 0 amide bonds. The van der Waals surface area contributed by atoms with Gasteiger partial charge in [0.15, 0.2) is 0 Å². The summed E-state index contributed by atoms with van der Waals surface area (Å²) >= 11 is 0. The minimum atomic E-state index is -0.430. The minimum absolute atomic E-state index is 0.0566. The van der Waals surface area contributed by atoms with Crippen molar-refractivity contribution in [2.75, 3.05) is 7.11 Å². The normalized spacial score (nSPS) is 16.8. The molecule has 5 nitrogen and oxygen atoms in total. The van der Waals surface area contributed by atoms with Crippen LogP contribution in [0.3, 0.4) is 0 Å². The quantitative estimate of drug-likeness (QED) is 0.819. The summed E-state index contributed by atoms with van der Waals surface area (Å²) in [6.45, 7) is 2.02. The van der Waals surface area contributed by atoms with Crippen molar-refractivity contribution in [2.45, 2.75) is 25.3 Å². The molecule has 2 heterocycles.